The van der Waals surface area contributed by atoms with Crippen LogP contribution in [0.4, 0.5) is 0 Å². The molecule has 147 heavy (non-hydrogen) atoms. The Hall–Kier alpha value is -14.5. The lowest BCUT2D eigenvalue weighted by Gasteiger charge is -2.14. The molecule has 28 heteroatoms. The van der Waals surface area contributed by atoms with Crippen LogP contribution in [0.15, 0.2) is 438 Å². The molecule has 23 rings (SSSR count). The average Bonchev–Trinajstić information content (AvgIpc) is 0.747. The number of carbonyl (C=O) groups excluding carboxylic acids is 3. The van der Waals surface area contributed by atoms with E-state index in [1.807, 2.05) is 219 Å². The number of phenols is 1. The van der Waals surface area contributed by atoms with Gasteiger partial charge in [-0.3, -0.25) is 40.0 Å². The second-order valence-electron chi connectivity index (χ2n) is 33.1. The highest BCUT2D eigenvalue weighted by Crippen LogP contribution is 2.45. The van der Waals surface area contributed by atoms with Crippen molar-refractivity contribution in [1.29, 1.82) is 0 Å². The van der Waals surface area contributed by atoms with Gasteiger partial charge in [0.1, 0.15) is 17.2 Å². The molecule has 0 fully saturated rings. The fourth-order valence-corrected chi connectivity index (χ4v) is 20.4. The molecule has 5 heterocycles. The number of hydrogen-bond donors (Lipinski definition) is 8. The van der Waals surface area contributed by atoms with Crippen molar-refractivity contribution in [2.24, 2.45) is 0 Å². The molecule has 8 N–H and O–H groups in total. The Balaban J connectivity index is 0.000000131. The van der Waals surface area contributed by atoms with Gasteiger partial charge in [0.2, 0.25) is 37.2 Å². The van der Waals surface area contributed by atoms with Gasteiger partial charge in [-0.25, -0.2) is 0 Å². The molecule has 0 radical (unpaired) electrons. The van der Waals surface area contributed by atoms with Crippen LogP contribution in [0.2, 0.25) is 0 Å². The molecule has 23 aromatic rings. The maximum Gasteiger partial charge on any atom is 0.490 e. The van der Waals surface area contributed by atoms with E-state index in [0.717, 1.165) is 164 Å². The Morgan fingerprint density at radius 3 is 0.952 bits per heavy atom. The van der Waals surface area contributed by atoms with E-state index in [4.69, 9.17) is 29.6 Å². The zero-order chi connectivity index (χ0) is 103. The molecular formula is C119H90B3Br7N5O13+3. The lowest BCUT2D eigenvalue weighted by atomic mass is 9.78. The molecule has 724 valence electrons. The molecule has 18 nitrogen and oxygen atoms in total. The van der Waals surface area contributed by atoms with Crippen LogP contribution in [-0.4, -0.2) is 101 Å². The molecule has 0 atom stereocenters. The average molecular weight is 2390 g/mol. The van der Waals surface area contributed by atoms with Crippen LogP contribution in [-0.2, 0) is 0 Å². The zero-order valence-electron chi connectivity index (χ0n) is 77.8. The van der Waals surface area contributed by atoms with Gasteiger partial charge in [-0.2, -0.15) is 0 Å². The number of carbonyl (C=O) groups is 3. The largest absolute Gasteiger partial charge is 0.507 e. The molecule has 0 aliphatic heterocycles. The number of benzene rings is 18. The molecule has 0 saturated heterocycles. The maximum absolute atomic E-state index is 11.6. The van der Waals surface area contributed by atoms with Crippen molar-refractivity contribution in [3.8, 4) is 84.0 Å². The summed E-state index contributed by atoms with van der Waals surface area (Å²) in [6.45, 7) is 0. The first-order chi connectivity index (χ1) is 70.9. The first-order valence-electron chi connectivity index (χ1n) is 45.4. The van der Waals surface area contributed by atoms with Crippen LogP contribution in [0.5, 0.6) is 17.2 Å². The second kappa shape index (κ2) is 50.1. The molecule has 0 aliphatic carbocycles. The van der Waals surface area contributed by atoms with Gasteiger partial charge in [0.15, 0.2) is 18.9 Å². The van der Waals surface area contributed by atoms with E-state index in [2.05, 4.69) is 242 Å². The lowest BCUT2D eigenvalue weighted by Crippen LogP contribution is -2.30. The minimum atomic E-state index is -1.57. The third-order valence-electron chi connectivity index (χ3n) is 24.3. The van der Waals surface area contributed by atoms with E-state index in [1.54, 1.807) is 62.6 Å². The van der Waals surface area contributed by atoms with Crippen LogP contribution in [0.25, 0.3) is 174 Å². The van der Waals surface area contributed by atoms with E-state index in [1.165, 1.54) is 80.3 Å². The van der Waals surface area contributed by atoms with E-state index in [0.29, 0.717) is 40.7 Å². The van der Waals surface area contributed by atoms with Gasteiger partial charge < -0.3 is 34.7 Å². The number of aromatic nitrogens is 5. The van der Waals surface area contributed by atoms with Crippen molar-refractivity contribution in [2.75, 3.05) is 14.2 Å². The summed E-state index contributed by atoms with van der Waals surface area (Å²) >= 11 is 23.7. The molecule has 0 amide bonds. The highest BCUT2D eigenvalue weighted by atomic mass is 79.9. The van der Waals surface area contributed by atoms with Crippen molar-refractivity contribution in [1.82, 2.24) is 9.97 Å². The van der Waals surface area contributed by atoms with Gasteiger partial charge in [-0.1, -0.05) is 350 Å². The lowest BCUT2D eigenvalue weighted by molar-refractivity contribution is -0.903. The summed E-state index contributed by atoms with van der Waals surface area (Å²) in [5.41, 5.74) is 13.8. The molecule has 0 unspecified atom stereocenters. The molecule has 0 bridgehead atoms. The Labute approximate surface area is 906 Å². The maximum atomic E-state index is 11.6. The Morgan fingerprint density at radius 1 is 0.279 bits per heavy atom. The van der Waals surface area contributed by atoms with Crippen LogP contribution in [0.3, 0.4) is 0 Å². The number of halogens is 7. The van der Waals surface area contributed by atoms with E-state index in [9.17, 15) is 35.1 Å². The first kappa shape index (κ1) is 107. The quantitative estimate of drug-likeness (QED) is 0.0231. The van der Waals surface area contributed by atoms with Crippen LogP contribution in [0.1, 0.15) is 38.5 Å². The Kier molecular flexibility index (Phi) is 36.4. The smallest absolute Gasteiger partial charge is 0.490 e. The molecule has 0 saturated carbocycles. The van der Waals surface area contributed by atoms with Crippen LogP contribution >= 0.6 is 111 Å². The first-order valence-corrected chi connectivity index (χ1v) is 51.3. The van der Waals surface area contributed by atoms with E-state index < -0.39 is 14.2 Å². The predicted molar refractivity (Wildman–Crippen MR) is 621 cm³/mol. The van der Waals surface area contributed by atoms with Gasteiger partial charge in [0.05, 0.1) is 63.8 Å². The number of fused-ring (bicyclic) bond motifs is 10. The summed E-state index contributed by atoms with van der Waals surface area (Å²) in [6.07, 6.45) is 19.4. The molecular weight excluding hydrogens is 2300 g/mol. The summed E-state index contributed by atoms with van der Waals surface area (Å²) in [5, 5.41) is 97.9. The molecule has 0 spiro atoms. The minimum absolute atomic E-state index is 0. The third-order valence-corrected chi connectivity index (χ3v) is 26.9. The van der Waals surface area contributed by atoms with Gasteiger partial charge in [-0.15, -0.1) is 47.3 Å². The second-order valence-corrected chi connectivity index (χ2v) is 43.0. The highest BCUT2D eigenvalue weighted by Gasteiger charge is 2.24. The van der Waals surface area contributed by atoms with Crippen molar-refractivity contribution in [2.45, 2.75) is 7.43 Å². The summed E-state index contributed by atoms with van der Waals surface area (Å²) in [4.78, 5) is 41.8. The number of methoxy groups -OCH3 is 2. The molecule has 5 aromatic heterocycles. The minimum Gasteiger partial charge on any atom is -0.507 e. The fourth-order valence-electron chi connectivity index (χ4n) is 17.7. The number of aromatic hydroxyl groups is 1. The van der Waals surface area contributed by atoms with Crippen LogP contribution < -0.4 is 34.6 Å². The van der Waals surface area contributed by atoms with E-state index in [-0.39, 0.29) is 27.4 Å². The number of hydrogen-bond acceptors (Lipinski definition) is 15. The van der Waals surface area contributed by atoms with Gasteiger partial charge in [0.25, 0.3) is 0 Å². The number of ether oxygens (including phenoxy) is 2. The van der Waals surface area contributed by atoms with E-state index >= 15 is 0 Å². The van der Waals surface area contributed by atoms with Crippen molar-refractivity contribution < 1.29 is 78.9 Å². The van der Waals surface area contributed by atoms with Gasteiger partial charge in [-0.05, 0) is 183 Å². The fraction of sp³-hybridized carbons (Fsp3) is 0.0252. The summed E-state index contributed by atoms with van der Waals surface area (Å²) in [5.74, 6) is 0.929. The highest BCUT2D eigenvalue weighted by molar-refractivity contribution is 9.69. The Bertz CT molecular complexity index is 8730. The standard InChI is InChI=1S/C27H20NO3.C26H17NO3.C19H13BrNO.C19H12BrN.C10H6Br2.C9H8BNO2.C8H9BO4.CH4.BBr3/c1-31-26-13-12-19(14-21(26)17-29)23-10-4-7-18-8-5-11-24(27(18)23)25-16-28(30)15-20-6-2-3-9-22(20)25;28-16-20-13-18(11-12-25(20)29)22-9-3-6-17-7-4-10-23(26(17)22)24-15-27(30)14-19-5-1-2-8-21(19)24;20-18-10-4-7-13-6-3-9-16(19(13)18)17-12-21(22)11-14-5-1-2-8-15(14)17;20-18-10-4-7-13-6-3-9-16(19(13)18)17-12-21-11-14-5-1-2-8-15(14)17;11-8-5-1-3-7-4-2-6-9(12)10(7)8;12-10(13)9-6-11-5-7-3-1-2-4-8(7)9;1-13-8-3-2-7(9(11)12)4-6(8)5-10;;2-1(3)4/h2-17,30H,1H3;1-16H,(H-,28,29,30);1-12,22H;1-12H;1-6H;1-6,12-13H;2-5,11-12H,1H3;1H4;/q+1;;+1;;;;;;/p+1. The topological polar surface area (TPSA) is 269 Å². The zero-order valence-corrected chi connectivity index (χ0v) is 88.9. The number of nitrogens with zero attached hydrogens (tertiary/aromatic N) is 5. The van der Waals surface area contributed by atoms with Crippen LogP contribution in [0, 0.1) is 0 Å². The van der Waals surface area contributed by atoms with Gasteiger partial charge >= 0.3 is 17.4 Å². The summed E-state index contributed by atoms with van der Waals surface area (Å²) in [6, 6.07) is 117. The van der Waals surface area contributed by atoms with Crippen molar-refractivity contribution in [3.05, 3.63) is 454 Å². The van der Waals surface area contributed by atoms with Gasteiger partial charge in [0, 0.05) is 106 Å². The predicted octanol–water partition coefficient (Wildman–Crippen LogP) is 28.1. The van der Waals surface area contributed by atoms with Crippen molar-refractivity contribution >= 4 is 266 Å². The monoisotopic (exact) mass is 2380 g/mol. The number of rotatable bonds is 13. The third kappa shape index (κ3) is 24.9. The normalized spacial score (nSPS) is 10.6. The number of phenolic OH excluding ortho intramolecular Hbond substituents is 1. The van der Waals surface area contributed by atoms with Crippen molar-refractivity contribution in [3.63, 3.8) is 0 Å². The Morgan fingerprint density at radius 2 is 0.571 bits per heavy atom. The summed E-state index contributed by atoms with van der Waals surface area (Å²) in [7, 11) is -0.0247. The summed E-state index contributed by atoms with van der Waals surface area (Å²) < 4.78 is 18.2. The SMILES string of the molecule is BrB(Br)Br.Brc1cccc2cccc(-c3cncc4ccccc34)c12.Brc1cccc2cccc(Br)c12.C.COc1ccc(-c2cccc3cccc(-c4c[n+](O)cc5ccccc45)c23)cc1C=O.COc1ccc(B(O)O)cc1C=O.O=Cc1cc(-c2cccc3cccc(-c4c[n+](O)cc5ccccc45)c23)ccc1O.OB(O)c1cncc2ccccc12.O[n+]1cc(-c2cccc3cccc(Br)c23)c2ccccc2c1. The number of pyridine rings is 5. The number of aldehydes is 3. The molecule has 0 aliphatic rings. The molecule has 18 aromatic carbocycles.